The summed E-state index contributed by atoms with van der Waals surface area (Å²) < 4.78 is 95.6. The zero-order chi connectivity index (χ0) is 27.8. The van der Waals surface area contributed by atoms with Crippen LogP contribution in [-0.2, 0) is 20.0 Å². The fourth-order valence-corrected chi connectivity index (χ4v) is 7.76. The number of hydrogen-bond donors (Lipinski definition) is 0. The lowest BCUT2D eigenvalue weighted by atomic mass is 10.1. The van der Waals surface area contributed by atoms with E-state index in [0.29, 0.717) is 23.5 Å². The number of benzene rings is 1. The molecule has 3 heterocycles. The first kappa shape index (κ1) is 27.7. The zero-order valence-electron chi connectivity index (χ0n) is 20.5. The number of halogens is 4. The SMILES string of the molecule is CC(C)S(=O)(=O)n1ccc(S(=O)(=O)n2nc(N3CCN(CC(F)(F)P)CC34CC4)c3c(Cl)cc(F)cc32)c1. The van der Waals surface area contributed by atoms with Gasteiger partial charge in [0.1, 0.15) is 10.7 Å². The molecule has 38 heavy (non-hydrogen) atoms. The zero-order valence-corrected chi connectivity index (χ0v) is 24.0. The second kappa shape index (κ2) is 9.09. The van der Waals surface area contributed by atoms with Crippen LogP contribution in [-0.4, -0.2) is 77.5 Å². The molecule has 16 heteroatoms. The molecule has 208 valence electrons. The maximum atomic E-state index is 14.4. The topological polar surface area (TPSA) is 97.5 Å². The van der Waals surface area contributed by atoms with E-state index in [2.05, 4.69) is 5.10 Å². The van der Waals surface area contributed by atoms with Crippen LogP contribution in [0.2, 0.25) is 5.02 Å². The minimum Gasteiger partial charge on any atom is -0.346 e. The third-order valence-electron chi connectivity index (χ3n) is 6.95. The summed E-state index contributed by atoms with van der Waals surface area (Å²) in [6, 6.07) is 3.19. The smallest absolute Gasteiger partial charge is 0.285 e. The van der Waals surface area contributed by atoms with E-state index in [1.54, 1.807) is 14.1 Å². The highest BCUT2D eigenvalue weighted by Crippen LogP contribution is 2.49. The molecular formula is C22H26ClF3N5O4PS2. The Bertz CT molecular complexity index is 1630. The molecule has 1 saturated heterocycles. The lowest BCUT2D eigenvalue weighted by molar-refractivity contribution is 0.0445. The molecule has 1 saturated carbocycles. The van der Waals surface area contributed by atoms with Crippen LogP contribution in [0.25, 0.3) is 10.9 Å². The van der Waals surface area contributed by atoms with Crippen LogP contribution in [0.4, 0.5) is 19.0 Å². The summed E-state index contributed by atoms with van der Waals surface area (Å²) in [5, 5.41) is 3.74. The van der Waals surface area contributed by atoms with Gasteiger partial charge < -0.3 is 4.90 Å². The monoisotopic (exact) mass is 611 g/mol. The molecule has 2 aliphatic rings. The number of fused-ring (bicyclic) bond motifs is 1. The summed E-state index contributed by atoms with van der Waals surface area (Å²) >= 11 is 6.41. The Morgan fingerprint density at radius 2 is 1.87 bits per heavy atom. The molecule has 0 bridgehead atoms. The second-order valence-electron chi connectivity index (χ2n) is 10.1. The normalized spacial score (nSPS) is 18.7. The molecule has 1 aromatic carbocycles. The summed E-state index contributed by atoms with van der Waals surface area (Å²) in [6.45, 7) is 3.39. The molecule has 0 radical (unpaired) electrons. The molecular weight excluding hydrogens is 586 g/mol. The molecule has 0 amide bonds. The number of aromatic nitrogens is 3. The Balaban J connectivity index is 1.61. The summed E-state index contributed by atoms with van der Waals surface area (Å²) in [5.74, 6) is -0.573. The van der Waals surface area contributed by atoms with Crippen LogP contribution in [0.1, 0.15) is 26.7 Å². The molecule has 5 rings (SSSR count). The molecule has 1 atom stereocenters. The minimum absolute atomic E-state index is 0.0499. The Morgan fingerprint density at radius 1 is 1.18 bits per heavy atom. The third kappa shape index (κ3) is 4.72. The van der Waals surface area contributed by atoms with Crippen LogP contribution in [0.5, 0.6) is 0 Å². The first-order valence-corrected chi connectivity index (χ1v) is 15.7. The van der Waals surface area contributed by atoms with Crippen molar-refractivity contribution in [2.24, 2.45) is 0 Å². The Labute approximate surface area is 225 Å². The van der Waals surface area contributed by atoms with Crippen molar-refractivity contribution in [1.82, 2.24) is 18.1 Å². The first-order valence-electron chi connectivity index (χ1n) is 11.8. The molecule has 0 N–H and O–H groups in total. The number of hydrogen-bond acceptors (Lipinski definition) is 7. The van der Waals surface area contributed by atoms with Gasteiger partial charge in [0.05, 0.1) is 33.3 Å². The van der Waals surface area contributed by atoms with Crippen molar-refractivity contribution in [2.45, 2.75) is 48.0 Å². The van der Waals surface area contributed by atoms with Crippen molar-refractivity contribution in [2.75, 3.05) is 31.1 Å². The van der Waals surface area contributed by atoms with E-state index in [1.165, 1.54) is 13.8 Å². The van der Waals surface area contributed by atoms with E-state index < -0.39 is 48.9 Å². The van der Waals surface area contributed by atoms with Gasteiger partial charge in [-0.2, -0.15) is 12.5 Å². The fourth-order valence-electron chi connectivity index (χ4n) is 4.90. The van der Waals surface area contributed by atoms with Crippen LogP contribution >= 0.6 is 20.8 Å². The van der Waals surface area contributed by atoms with Gasteiger partial charge in [0.15, 0.2) is 5.82 Å². The van der Waals surface area contributed by atoms with Crippen molar-refractivity contribution in [3.8, 4) is 0 Å². The third-order valence-corrected chi connectivity index (χ3v) is 11.0. The molecule has 2 aromatic heterocycles. The van der Waals surface area contributed by atoms with Gasteiger partial charge in [0, 0.05) is 38.1 Å². The first-order chi connectivity index (χ1) is 17.5. The van der Waals surface area contributed by atoms with E-state index in [1.807, 2.05) is 4.90 Å². The molecule has 1 spiro atoms. The number of rotatable bonds is 7. The summed E-state index contributed by atoms with van der Waals surface area (Å²) in [4.78, 5) is 3.18. The largest absolute Gasteiger partial charge is 0.346 e. The average molecular weight is 612 g/mol. The van der Waals surface area contributed by atoms with Crippen LogP contribution < -0.4 is 4.90 Å². The van der Waals surface area contributed by atoms with Gasteiger partial charge >= 0.3 is 0 Å². The maximum absolute atomic E-state index is 14.4. The fraction of sp³-hybridized carbons (Fsp3) is 0.500. The van der Waals surface area contributed by atoms with Gasteiger partial charge in [0.2, 0.25) is 10.0 Å². The number of piperazine rings is 1. The summed E-state index contributed by atoms with van der Waals surface area (Å²) in [5.41, 5.74) is -3.59. The van der Waals surface area contributed by atoms with Gasteiger partial charge in [-0.1, -0.05) is 20.8 Å². The highest BCUT2D eigenvalue weighted by atomic mass is 35.5. The van der Waals surface area contributed by atoms with Gasteiger partial charge in [0.25, 0.3) is 15.7 Å². The molecule has 1 aliphatic heterocycles. The number of alkyl halides is 2. The highest BCUT2D eigenvalue weighted by molar-refractivity contribution is 7.91. The average Bonchev–Trinajstić information content (AvgIpc) is 3.20. The Kier molecular flexibility index (Phi) is 6.62. The van der Waals surface area contributed by atoms with Gasteiger partial charge in [-0.05, 0) is 38.8 Å². The predicted molar refractivity (Wildman–Crippen MR) is 142 cm³/mol. The molecule has 1 unspecified atom stereocenters. The second-order valence-corrected chi connectivity index (χ2v) is 15.5. The lowest BCUT2D eigenvalue weighted by Crippen LogP contribution is -2.56. The van der Waals surface area contributed by atoms with Crippen molar-refractivity contribution >= 4 is 57.6 Å². The summed E-state index contributed by atoms with van der Waals surface area (Å²) in [6.07, 6.45) is 3.47. The number of anilines is 1. The predicted octanol–water partition coefficient (Wildman–Crippen LogP) is 3.58. The van der Waals surface area contributed by atoms with Crippen molar-refractivity contribution < 1.29 is 30.0 Å². The van der Waals surface area contributed by atoms with E-state index in [9.17, 15) is 30.0 Å². The van der Waals surface area contributed by atoms with Crippen LogP contribution in [0.15, 0.2) is 35.5 Å². The van der Waals surface area contributed by atoms with Gasteiger partial charge in [-0.25, -0.2) is 21.6 Å². The van der Waals surface area contributed by atoms with E-state index in [-0.39, 0.29) is 39.7 Å². The van der Waals surface area contributed by atoms with Crippen molar-refractivity contribution in [3.63, 3.8) is 0 Å². The molecule has 1 aliphatic carbocycles. The van der Waals surface area contributed by atoms with Crippen molar-refractivity contribution in [1.29, 1.82) is 0 Å². The number of nitrogens with zero attached hydrogens (tertiary/aromatic N) is 5. The van der Waals surface area contributed by atoms with E-state index >= 15 is 0 Å². The Morgan fingerprint density at radius 3 is 2.47 bits per heavy atom. The Hall–Kier alpha value is -1.86. The molecule has 2 fully saturated rings. The maximum Gasteiger partial charge on any atom is 0.285 e. The van der Waals surface area contributed by atoms with E-state index in [0.717, 1.165) is 34.6 Å². The lowest BCUT2D eigenvalue weighted by Gasteiger charge is -2.43. The van der Waals surface area contributed by atoms with Gasteiger partial charge in [-0.15, -0.1) is 5.10 Å². The quantitative estimate of drug-likeness (QED) is 0.377. The van der Waals surface area contributed by atoms with E-state index in [4.69, 9.17) is 11.6 Å². The molecule has 9 nitrogen and oxygen atoms in total. The van der Waals surface area contributed by atoms with Crippen LogP contribution in [0, 0.1) is 5.82 Å². The molecule has 3 aromatic rings. The van der Waals surface area contributed by atoms with Crippen LogP contribution in [0.3, 0.4) is 0 Å². The van der Waals surface area contributed by atoms with Gasteiger partial charge in [-0.3, -0.25) is 8.87 Å². The highest BCUT2D eigenvalue weighted by Gasteiger charge is 2.53. The van der Waals surface area contributed by atoms with Crippen molar-refractivity contribution in [3.05, 3.63) is 41.4 Å². The standard InChI is InChI=1S/C22H26ClF3N5O4PS2/c1-14(2)37(32,33)29-6-3-16(11-29)38(34,35)31-18-10-15(24)9-17(23)19(18)20(27-31)30-8-7-28(13-22(25,26)36)12-21(30)4-5-21/h3,6,9-11,14H,4-5,7-8,12-13,36H2,1-2H3. The minimum atomic E-state index is -4.48. The summed E-state index contributed by atoms with van der Waals surface area (Å²) in [7, 11) is -6.75.